The van der Waals surface area contributed by atoms with Gasteiger partial charge in [-0.15, -0.1) is 11.3 Å². The Balaban J connectivity index is 1.55. The normalized spacial score (nSPS) is 13.6. The van der Waals surface area contributed by atoms with E-state index in [0.717, 1.165) is 22.1 Å². The van der Waals surface area contributed by atoms with Crippen LogP contribution in [0.5, 0.6) is 11.5 Å². The fraction of sp³-hybridized carbons (Fsp3) is 0.444. The smallest absolute Gasteiger partial charge is 0.224 e. The highest BCUT2D eigenvalue weighted by Crippen LogP contribution is 2.32. The van der Waals surface area contributed by atoms with Crippen molar-refractivity contribution >= 4 is 22.9 Å². The Hall–Kier alpha value is -2.08. The molecule has 2 aromatic rings. The Bertz CT molecular complexity index is 734. The van der Waals surface area contributed by atoms with Crippen LogP contribution in [0.1, 0.15) is 37.9 Å². The van der Waals surface area contributed by atoms with Crippen LogP contribution in [0.3, 0.4) is 0 Å². The second-order valence-electron chi connectivity index (χ2n) is 6.78. The number of aromatic nitrogens is 1. The summed E-state index contributed by atoms with van der Waals surface area (Å²) in [5.74, 6) is 1.37. The third-order valence-electron chi connectivity index (χ3n) is 3.71. The molecule has 0 spiro atoms. The zero-order valence-electron chi connectivity index (χ0n) is 14.2. The summed E-state index contributed by atoms with van der Waals surface area (Å²) in [5.41, 5.74) is 1.84. The van der Waals surface area contributed by atoms with Gasteiger partial charge >= 0.3 is 0 Å². The quantitative estimate of drug-likeness (QED) is 0.915. The molecule has 128 valence electrons. The van der Waals surface area contributed by atoms with E-state index in [9.17, 15) is 4.79 Å². The van der Waals surface area contributed by atoms with Crippen LogP contribution in [0.15, 0.2) is 23.6 Å². The molecule has 0 atom stereocenters. The molecule has 24 heavy (non-hydrogen) atoms. The summed E-state index contributed by atoms with van der Waals surface area (Å²) in [4.78, 5) is 16.8. The largest absolute Gasteiger partial charge is 0.486 e. The summed E-state index contributed by atoms with van der Waals surface area (Å²) >= 11 is 1.62. The highest BCUT2D eigenvalue weighted by molar-refractivity contribution is 7.09. The van der Waals surface area contributed by atoms with E-state index in [1.54, 1.807) is 17.4 Å². The van der Waals surface area contributed by atoms with Crippen molar-refractivity contribution in [1.82, 2.24) is 4.98 Å². The SMILES string of the molecule is CC(C)(C)c1csc(CCC(=O)Nc2ccc3c(c2)OCCO3)n1. The molecule has 0 saturated heterocycles. The summed E-state index contributed by atoms with van der Waals surface area (Å²) in [7, 11) is 0. The predicted molar refractivity (Wildman–Crippen MR) is 95.2 cm³/mol. The first-order valence-electron chi connectivity index (χ1n) is 8.06. The van der Waals surface area contributed by atoms with Gasteiger partial charge in [0.15, 0.2) is 11.5 Å². The van der Waals surface area contributed by atoms with Crippen LogP contribution < -0.4 is 14.8 Å². The Kier molecular flexibility index (Phi) is 4.76. The molecule has 0 bridgehead atoms. The molecule has 1 aliphatic heterocycles. The number of benzene rings is 1. The lowest BCUT2D eigenvalue weighted by atomic mass is 9.93. The molecule has 0 fully saturated rings. The van der Waals surface area contributed by atoms with Gasteiger partial charge in [-0.25, -0.2) is 4.98 Å². The number of hydrogen-bond acceptors (Lipinski definition) is 5. The zero-order valence-corrected chi connectivity index (χ0v) is 15.0. The van der Waals surface area contributed by atoms with Crippen molar-refractivity contribution in [3.63, 3.8) is 0 Å². The van der Waals surface area contributed by atoms with Crippen molar-refractivity contribution < 1.29 is 14.3 Å². The van der Waals surface area contributed by atoms with E-state index in [4.69, 9.17) is 9.47 Å². The van der Waals surface area contributed by atoms with E-state index in [1.807, 2.05) is 12.1 Å². The van der Waals surface area contributed by atoms with Crippen molar-refractivity contribution in [2.45, 2.75) is 39.0 Å². The van der Waals surface area contributed by atoms with Crippen molar-refractivity contribution in [1.29, 1.82) is 0 Å². The third kappa shape index (κ3) is 4.06. The number of carbonyl (C=O) groups is 1. The lowest BCUT2D eigenvalue weighted by Crippen LogP contribution is -2.16. The van der Waals surface area contributed by atoms with Gasteiger partial charge in [-0.05, 0) is 12.1 Å². The molecule has 5 nitrogen and oxygen atoms in total. The molecule has 2 heterocycles. The number of nitrogens with zero attached hydrogens (tertiary/aromatic N) is 1. The Labute approximate surface area is 146 Å². The van der Waals surface area contributed by atoms with Crippen LogP contribution >= 0.6 is 11.3 Å². The number of amides is 1. The molecule has 6 heteroatoms. The molecular weight excluding hydrogens is 324 g/mol. The lowest BCUT2D eigenvalue weighted by molar-refractivity contribution is -0.116. The van der Waals surface area contributed by atoms with Crippen molar-refractivity contribution in [2.24, 2.45) is 0 Å². The first-order chi connectivity index (χ1) is 11.4. The van der Waals surface area contributed by atoms with E-state index >= 15 is 0 Å². The number of hydrogen-bond donors (Lipinski definition) is 1. The van der Waals surface area contributed by atoms with Gasteiger partial charge in [0.05, 0.1) is 10.7 Å². The molecule has 1 amide bonds. The number of aryl methyl sites for hydroxylation is 1. The Morgan fingerprint density at radius 3 is 2.71 bits per heavy atom. The minimum absolute atomic E-state index is 0.0285. The Morgan fingerprint density at radius 1 is 1.25 bits per heavy atom. The van der Waals surface area contributed by atoms with Crippen molar-refractivity contribution in [2.75, 3.05) is 18.5 Å². The number of nitrogens with one attached hydrogen (secondary N) is 1. The van der Waals surface area contributed by atoms with Gasteiger partial charge in [0.1, 0.15) is 13.2 Å². The predicted octanol–water partition coefficient (Wildman–Crippen LogP) is 3.78. The number of rotatable bonds is 4. The van der Waals surface area contributed by atoms with Gasteiger partial charge in [-0.3, -0.25) is 4.79 Å². The summed E-state index contributed by atoms with van der Waals surface area (Å²) < 4.78 is 11.0. The van der Waals surface area contributed by atoms with Crippen LogP contribution in [-0.2, 0) is 16.6 Å². The van der Waals surface area contributed by atoms with Crippen LogP contribution in [0.2, 0.25) is 0 Å². The van der Waals surface area contributed by atoms with Gasteiger partial charge in [-0.1, -0.05) is 20.8 Å². The highest BCUT2D eigenvalue weighted by Gasteiger charge is 2.18. The molecule has 0 unspecified atom stereocenters. The molecule has 3 rings (SSSR count). The topological polar surface area (TPSA) is 60.5 Å². The average Bonchev–Trinajstić information content (AvgIpc) is 3.02. The summed E-state index contributed by atoms with van der Waals surface area (Å²) in [6.07, 6.45) is 1.06. The molecule has 0 saturated carbocycles. The van der Waals surface area contributed by atoms with Gasteiger partial charge in [0, 0.05) is 35.4 Å². The molecular formula is C18H22N2O3S. The summed E-state index contributed by atoms with van der Waals surface area (Å²) in [5, 5.41) is 5.98. The number of thiazole rings is 1. The Morgan fingerprint density at radius 2 is 2.00 bits per heavy atom. The summed E-state index contributed by atoms with van der Waals surface area (Å²) in [6.45, 7) is 7.51. The standard InChI is InChI=1S/C18H22N2O3S/c1-18(2,3)15-11-24-17(20-15)7-6-16(21)19-12-4-5-13-14(10-12)23-9-8-22-13/h4-5,10-11H,6-9H2,1-3H3,(H,19,21). The monoisotopic (exact) mass is 346 g/mol. The fourth-order valence-corrected chi connectivity index (χ4v) is 3.36. The molecule has 0 radical (unpaired) electrons. The molecule has 1 aromatic heterocycles. The molecule has 1 aliphatic rings. The molecule has 1 N–H and O–H groups in total. The second kappa shape index (κ2) is 6.81. The number of fused-ring (bicyclic) bond motifs is 1. The first kappa shape index (κ1) is 16.8. The molecule has 1 aromatic carbocycles. The minimum atomic E-state index is -0.0285. The van der Waals surface area contributed by atoms with E-state index in [2.05, 4.69) is 36.5 Å². The van der Waals surface area contributed by atoms with Gasteiger partial charge in [0.25, 0.3) is 0 Å². The second-order valence-corrected chi connectivity index (χ2v) is 7.73. The average molecular weight is 346 g/mol. The third-order valence-corrected chi connectivity index (χ3v) is 4.62. The maximum Gasteiger partial charge on any atom is 0.224 e. The number of carbonyl (C=O) groups excluding carboxylic acids is 1. The van der Waals surface area contributed by atoms with Gasteiger partial charge in [0.2, 0.25) is 5.91 Å². The van der Waals surface area contributed by atoms with E-state index in [1.165, 1.54) is 0 Å². The summed E-state index contributed by atoms with van der Waals surface area (Å²) in [6, 6.07) is 5.44. The minimum Gasteiger partial charge on any atom is -0.486 e. The number of anilines is 1. The highest BCUT2D eigenvalue weighted by atomic mass is 32.1. The van der Waals surface area contributed by atoms with Crippen LogP contribution in [0.25, 0.3) is 0 Å². The van der Waals surface area contributed by atoms with Crippen molar-refractivity contribution in [3.05, 3.63) is 34.3 Å². The van der Waals surface area contributed by atoms with E-state index < -0.39 is 0 Å². The van der Waals surface area contributed by atoms with Crippen molar-refractivity contribution in [3.8, 4) is 11.5 Å². The maximum atomic E-state index is 12.2. The van der Waals surface area contributed by atoms with Gasteiger partial charge in [-0.2, -0.15) is 0 Å². The van der Waals surface area contributed by atoms with E-state index in [-0.39, 0.29) is 11.3 Å². The maximum absolute atomic E-state index is 12.2. The van der Waals surface area contributed by atoms with Crippen LogP contribution in [0.4, 0.5) is 5.69 Å². The van der Waals surface area contributed by atoms with Crippen LogP contribution in [-0.4, -0.2) is 24.1 Å². The zero-order chi connectivity index (χ0) is 17.2. The fourth-order valence-electron chi connectivity index (χ4n) is 2.34. The van der Waals surface area contributed by atoms with Crippen LogP contribution in [0, 0.1) is 0 Å². The lowest BCUT2D eigenvalue weighted by Gasteiger charge is -2.19. The molecule has 0 aliphatic carbocycles. The number of ether oxygens (including phenoxy) is 2. The van der Waals surface area contributed by atoms with Gasteiger partial charge < -0.3 is 14.8 Å². The van der Waals surface area contributed by atoms with E-state index in [0.29, 0.717) is 31.8 Å². The first-order valence-corrected chi connectivity index (χ1v) is 8.94.